The van der Waals surface area contributed by atoms with Gasteiger partial charge in [-0.3, -0.25) is 4.90 Å². The number of rotatable bonds is 6. The van der Waals surface area contributed by atoms with Crippen LogP contribution < -0.4 is 4.74 Å². The lowest BCUT2D eigenvalue weighted by Crippen LogP contribution is -2.56. The Labute approximate surface area is 211 Å². The Morgan fingerprint density at radius 3 is 2.78 bits per heavy atom. The van der Waals surface area contributed by atoms with Crippen LogP contribution >= 0.6 is 0 Å². The molecule has 1 unspecified atom stereocenters. The number of hydrogen-bond acceptors (Lipinski definition) is 7. The van der Waals surface area contributed by atoms with Crippen molar-refractivity contribution in [2.75, 3.05) is 19.7 Å². The van der Waals surface area contributed by atoms with E-state index in [9.17, 15) is 10.4 Å². The van der Waals surface area contributed by atoms with Crippen molar-refractivity contribution in [3.05, 3.63) is 53.1 Å². The fourth-order valence-electron chi connectivity index (χ4n) is 6.48. The highest BCUT2D eigenvalue weighted by Gasteiger charge is 2.51. The third kappa shape index (κ3) is 3.63. The molecule has 6 rings (SSSR count). The van der Waals surface area contributed by atoms with E-state index in [1.807, 2.05) is 19.9 Å². The zero-order chi connectivity index (χ0) is 24.9. The van der Waals surface area contributed by atoms with Crippen LogP contribution in [0.2, 0.25) is 0 Å². The number of aromatic nitrogens is 2. The fraction of sp³-hybridized carbons (Fsp3) is 0.483. The first-order valence-corrected chi connectivity index (χ1v) is 13.0. The maximum absolute atomic E-state index is 10.1. The first-order valence-electron chi connectivity index (χ1n) is 13.0. The Morgan fingerprint density at radius 2 is 2.06 bits per heavy atom. The van der Waals surface area contributed by atoms with E-state index in [-0.39, 0.29) is 23.7 Å². The summed E-state index contributed by atoms with van der Waals surface area (Å²) in [5, 5.41) is 24.0. The predicted molar refractivity (Wildman–Crippen MR) is 136 cm³/mol. The van der Waals surface area contributed by atoms with Crippen molar-refractivity contribution in [3.8, 4) is 34.7 Å². The molecule has 0 amide bonds. The molecule has 3 aromatic rings. The smallest absolute Gasteiger partial charge is 0.258 e. The molecule has 1 spiro atoms. The van der Waals surface area contributed by atoms with Gasteiger partial charge in [0.1, 0.15) is 11.8 Å². The van der Waals surface area contributed by atoms with Gasteiger partial charge in [0.25, 0.3) is 5.89 Å². The average molecular weight is 485 g/mol. The van der Waals surface area contributed by atoms with Crippen LogP contribution in [0.4, 0.5) is 0 Å². The summed E-state index contributed by atoms with van der Waals surface area (Å²) in [6.07, 6.45) is 6.65. The van der Waals surface area contributed by atoms with E-state index in [2.05, 4.69) is 34.3 Å². The second-order valence-corrected chi connectivity index (χ2v) is 10.9. The highest BCUT2D eigenvalue weighted by atomic mass is 16.5. The molecule has 1 N–H and O–H groups in total. The molecular weight excluding hydrogens is 452 g/mol. The van der Waals surface area contributed by atoms with Crippen LogP contribution in [0.5, 0.6) is 5.75 Å². The number of nitrogens with zero attached hydrogens (tertiary/aromatic N) is 4. The van der Waals surface area contributed by atoms with Crippen LogP contribution in [-0.2, 0) is 11.8 Å². The maximum Gasteiger partial charge on any atom is 0.258 e. The number of fused-ring (bicyclic) bond motifs is 2. The molecule has 186 valence electrons. The van der Waals surface area contributed by atoms with Crippen molar-refractivity contribution in [2.24, 2.45) is 0 Å². The highest BCUT2D eigenvalue weighted by molar-refractivity contribution is 5.68. The molecule has 3 aliphatic rings. The number of ether oxygens (including phenoxy) is 1. The number of benzene rings is 2. The van der Waals surface area contributed by atoms with Gasteiger partial charge in [0.2, 0.25) is 5.82 Å². The third-order valence-electron chi connectivity index (χ3n) is 8.58. The van der Waals surface area contributed by atoms with Crippen molar-refractivity contribution in [1.82, 2.24) is 15.0 Å². The standard InChI is InChI=1S/C29H32N4O3/c1-19(2)35-25-8-7-20(15-21(25)16-30)27-31-26(32-36-27)23-5-3-6-24-22(23)9-12-28(24)13-14-33(17-28)29(18-34)10-4-11-29/h3,5-8,15,19,34H,4,9-14,17-18H2,1-2H3. The molecule has 1 aromatic heterocycles. The van der Waals surface area contributed by atoms with Gasteiger partial charge in [-0.1, -0.05) is 23.4 Å². The van der Waals surface area contributed by atoms with E-state index in [0.29, 0.717) is 28.6 Å². The molecule has 1 saturated carbocycles. The first-order chi connectivity index (χ1) is 17.5. The van der Waals surface area contributed by atoms with Crippen molar-refractivity contribution in [1.29, 1.82) is 5.26 Å². The molecule has 7 nitrogen and oxygen atoms in total. The lowest BCUT2D eigenvalue weighted by Gasteiger charge is -2.48. The van der Waals surface area contributed by atoms with Crippen LogP contribution in [-0.4, -0.2) is 51.5 Å². The van der Waals surface area contributed by atoms with Gasteiger partial charge in [-0.05, 0) is 88.2 Å². The van der Waals surface area contributed by atoms with Crippen LogP contribution in [0.25, 0.3) is 22.8 Å². The largest absolute Gasteiger partial charge is 0.490 e. The molecule has 1 atom stereocenters. The molecule has 2 aromatic carbocycles. The SMILES string of the molecule is CC(C)Oc1ccc(-c2nc(-c3cccc4c3CCC43CCN(C4(CO)CCC4)C3)no2)cc1C#N. The lowest BCUT2D eigenvalue weighted by atomic mass is 9.75. The van der Waals surface area contributed by atoms with Crippen LogP contribution in [0.15, 0.2) is 40.9 Å². The summed E-state index contributed by atoms with van der Waals surface area (Å²) in [5.74, 6) is 1.53. The van der Waals surface area contributed by atoms with Crippen LogP contribution in [0.3, 0.4) is 0 Å². The normalized spacial score (nSPS) is 22.5. The molecule has 2 heterocycles. The minimum atomic E-state index is -0.0173. The average Bonchev–Trinajstić information content (AvgIpc) is 3.59. The van der Waals surface area contributed by atoms with E-state index < -0.39 is 0 Å². The first kappa shape index (κ1) is 23.2. The van der Waals surface area contributed by atoms with Gasteiger partial charge >= 0.3 is 0 Å². The van der Waals surface area contributed by atoms with Gasteiger partial charge in [-0.15, -0.1) is 0 Å². The van der Waals surface area contributed by atoms with Gasteiger partial charge in [0.15, 0.2) is 0 Å². The van der Waals surface area contributed by atoms with Gasteiger partial charge in [0, 0.05) is 28.6 Å². The highest BCUT2D eigenvalue weighted by Crippen LogP contribution is 2.51. The van der Waals surface area contributed by atoms with Gasteiger partial charge in [-0.25, -0.2) is 0 Å². The minimum absolute atomic E-state index is 0.00444. The molecular formula is C29H32N4O3. The Morgan fingerprint density at radius 1 is 1.19 bits per heavy atom. The zero-order valence-electron chi connectivity index (χ0n) is 21.0. The number of nitriles is 1. The third-order valence-corrected chi connectivity index (χ3v) is 8.58. The minimum Gasteiger partial charge on any atom is -0.490 e. The maximum atomic E-state index is 10.1. The monoisotopic (exact) mass is 484 g/mol. The molecule has 1 aliphatic heterocycles. The summed E-state index contributed by atoms with van der Waals surface area (Å²) >= 11 is 0. The molecule has 2 fully saturated rings. The molecule has 36 heavy (non-hydrogen) atoms. The fourth-order valence-corrected chi connectivity index (χ4v) is 6.48. The van der Waals surface area contributed by atoms with Crippen LogP contribution in [0.1, 0.15) is 62.6 Å². The number of likely N-dealkylation sites (tertiary alicyclic amines) is 1. The Hall–Kier alpha value is -3.21. The topological polar surface area (TPSA) is 95.4 Å². The predicted octanol–water partition coefficient (Wildman–Crippen LogP) is 4.87. The zero-order valence-corrected chi connectivity index (χ0v) is 21.0. The Bertz CT molecular complexity index is 1330. The van der Waals surface area contributed by atoms with Gasteiger partial charge < -0.3 is 14.4 Å². The van der Waals surface area contributed by atoms with E-state index in [4.69, 9.17) is 14.2 Å². The Balaban J connectivity index is 1.29. The van der Waals surface area contributed by atoms with Crippen molar-refractivity contribution >= 4 is 0 Å². The summed E-state index contributed by atoms with van der Waals surface area (Å²) in [6, 6.07) is 14.0. The van der Waals surface area contributed by atoms with E-state index in [1.54, 1.807) is 12.1 Å². The summed E-state index contributed by atoms with van der Waals surface area (Å²) in [4.78, 5) is 7.29. The molecule has 1 saturated heterocycles. The number of hydrogen-bond donors (Lipinski definition) is 1. The lowest BCUT2D eigenvalue weighted by molar-refractivity contribution is -0.0178. The summed E-state index contributed by atoms with van der Waals surface area (Å²) in [5.41, 5.74) is 5.04. The van der Waals surface area contributed by atoms with Gasteiger partial charge in [0.05, 0.1) is 18.3 Å². The molecule has 7 heteroatoms. The van der Waals surface area contributed by atoms with Crippen LogP contribution in [0, 0.1) is 11.3 Å². The molecule has 2 aliphatic carbocycles. The summed E-state index contributed by atoms with van der Waals surface area (Å²) in [7, 11) is 0. The van der Waals surface area contributed by atoms with E-state index in [1.165, 1.54) is 17.5 Å². The molecule has 0 radical (unpaired) electrons. The second kappa shape index (κ2) is 8.72. The second-order valence-electron chi connectivity index (χ2n) is 10.9. The Kier molecular flexibility index (Phi) is 5.62. The van der Waals surface area contributed by atoms with Crippen molar-refractivity contribution in [2.45, 2.75) is 69.4 Å². The summed E-state index contributed by atoms with van der Waals surface area (Å²) < 4.78 is 11.4. The van der Waals surface area contributed by atoms with Gasteiger partial charge in [-0.2, -0.15) is 10.2 Å². The number of aliphatic hydroxyl groups is 1. The van der Waals surface area contributed by atoms with E-state index in [0.717, 1.165) is 50.8 Å². The van der Waals surface area contributed by atoms with E-state index >= 15 is 0 Å². The molecule has 0 bridgehead atoms. The van der Waals surface area contributed by atoms with Crippen molar-refractivity contribution < 1.29 is 14.4 Å². The quantitative estimate of drug-likeness (QED) is 0.533. The summed E-state index contributed by atoms with van der Waals surface area (Å²) in [6.45, 7) is 6.20. The number of aliphatic hydroxyl groups excluding tert-OH is 1. The van der Waals surface area contributed by atoms with Crippen molar-refractivity contribution in [3.63, 3.8) is 0 Å².